The third-order valence-corrected chi connectivity index (χ3v) is 5.10. The summed E-state index contributed by atoms with van der Waals surface area (Å²) in [6, 6.07) is 11.0. The van der Waals surface area contributed by atoms with Gasteiger partial charge >= 0.3 is 6.61 Å². The molecule has 0 fully saturated rings. The number of hydrogen-bond donors (Lipinski definition) is 3. The SMILES string of the molecule is COc1cc(C2NC(=S)NC(C)=C2C(=O)Nc2ccc(Br)cc2)ccc1OC(F)F. The second-order valence-corrected chi connectivity index (χ2v) is 7.64. The molecule has 2 aromatic carbocycles. The van der Waals surface area contributed by atoms with Crippen molar-refractivity contribution in [1.29, 1.82) is 0 Å². The van der Waals surface area contributed by atoms with E-state index in [1.807, 2.05) is 12.1 Å². The van der Waals surface area contributed by atoms with Gasteiger partial charge in [0.15, 0.2) is 16.6 Å². The van der Waals surface area contributed by atoms with Gasteiger partial charge in [0.1, 0.15) is 0 Å². The van der Waals surface area contributed by atoms with E-state index >= 15 is 0 Å². The van der Waals surface area contributed by atoms with Crippen molar-refractivity contribution in [3.8, 4) is 11.5 Å². The van der Waals surface area contributed by atoms with Crippen molar-refractivity contribution in [2.75, 3.05) is 12.4 Å². The van der Waals surface area contributed by atoms with Gasteiger partial charge in [-0.2, -0.15) is 8.78 Å². The molecule has 6 nitrogen and oxygen atoms in total. The Hall–Kier alpha value is -2.72. The van der Waals surface area contributed by atoms with E-state index in [1.54, 1.807) is 25.1 Å². The first-order valence-electron chi connectivity index (χ1n) is 8.76. The molecule has 2 aromatic rings. The van der Waals surface area contributed by atoms with Crippen molar-refractivity contribution < 1.29 is 23.0 Å². The Morgan fingerprint density at radius 3 is 2.53 bits per heavy atom. The van der Waals surface area contributed by atoms with Crippen LogP contribution in [0.25, 0.3) is 0 Å². The van der Waals surface area contributed by atoms with E-state index in [1.165, 1.54) is 19.2 Å². The van der Waals surface area contributed by atoms with Crippen LogP contribution >= 0.6 is 28.1 Å². The zero-order valence-electron chi connectivity index (χ0n) is 16.0. The van der Waals surface area contributed by atoms with Gasteiger partial charge in [-0.15, -0.1) is 0 Å². The summed E-state index contributed by atoms with van der Waals surface area (Å²) in [6.07, 6.45) is 0. The van der Waals surface area contributed by atoms with Crippen LogP contribution in [0.15, 0.2) is 58.2 Å². The Labute approximate surface area is 185 Å². The van der Waals surface area contributed by atoms with Gasteiger partial charge in [0.25, 0.3) is 5.91 Å². The number of carbonyl (C=O) groups excluding carboxylic acids is 1. The largest absolute Gasteiger partial charge is 0.493 e. The van der Waals surface area contributed by atoms with Crippen LogP contribution in [-0.4, -0.2) is 24.7 Å². The van der Waals surface area contributed by atoms with E-state index < -0.39 is 12.7 Å². The van der Waals surface area contributed by atoms with Crippen molar-refractivity contribution in [3.63, 3.8) is 0 Å². The summed E-state index contributed by atoms with van der Waals surface area (Å²) in [6.45, 7) is -1.24. The van der Waals surface area contributed by atoms with E-state index in [2.05, 4.69) is 36.6 Å². The Kier molecular flexibility index (Phi) is 6.88. The lowest BCUT2D eigenvalue weighted by Gasteiger charge is -2.30. The van der Waals surface area contributed by atoms with Gasteiger partial charge in [0.2, 0.25) is 0 Å². The third kappa shape index (κ3) is 5.06. The van der Waals surface area contributed by atoms with Gasteiger partial charge in [-0.05, 0) is 61.1 Å². The summed E-state index contributed by atoms with van der Waals surface area (Å²) in [5.74, 6) is -0.326. The van der Waals surface area contributed by atoms with Crippen LogP contribution in [0.5, 0.6) is 11.5 Å². The lowest BCUT2D eigenvalue weighted by molar-refractivity contribution is -0.113. The van der Waals surface area contributed by atoms with E-state index in [-0.39, 0.29) is 17.4 Å². The lowest BCUT2D eigenvalue weighted by atomic mass is 9.94. The minimum atomic E-state index is -2.98. The number of carbonyl (C=O) groups is 1. The Morgan fingerprint density at radius 1 is 1.20 bits per heavy atom. The number of hydrogen-bond acceptors (Lipinski definition) is 4. The number of alkyl halides is 2. The molecule has 158 valence electrons. The van der Waals surface area contributed by atoms with Crippen molar-refractivity contribution in [1.82, 2.24) is 10.6 Å². The van der Waals surface area contributed by atoms with Gasteiger partial charge < -0.3 is 25.4 Å². The first kappa shape index (κ1) is 22.0. The summed E-state index contributed by atoms with van der Waals surface area (Å²) in [4.78, 5) is 13.1. The molecule has 0 radical (unpaired) electrons. The topological polar surface area (TPSA) is 71.6 Å². The predicted octanol–water partition coefficient (Wildman–Crippen LogP) is 4.49. The highest BCUT2D eigenvalue weighted by Gasteiger charge is 2.30. The molecule has 1 aliphatic heterocycles. The van der Waals surface area contributed by atoms with E-state index in [9.17, 15) is 13.6 Å². The van der Waals surface area contributed by atoms with Crippen LogP contribution in [0.1, 0.15) is 18.5 Å². The molecular formula is C20H18BrF2N3O3S. The fraction of sp³-hybridized carbons (Fsp3) is 0.200. The Morgan fingerprint density at radius 2 is 1.90 bits per heavy atom. The maximum absolute atomic E-state index is 13.1. The molecule has 10 heteroatoms. The highest BCUT2D eigenvalue weighted by atomic mass is 79.9. The molecule has 0 saturated heterocycles. The van der Waals surface area contributed by atoms with Gasteiger partial charge in [0.05, 0.1) is 18.7 Å². The van der Waals surface area contributed by atoms with Gasteiger partial charge in [-0.3, -0.25) is 4.79 Å². The molecule has 1 aliphatic rings. The standard InChI is InChI=1S/C20H18BrF2N3O3S/c1-10-16(18(27)25-13-6-4-12(21)5-7-13)17(26-20(30)24-10)11-3-8-14(29-19(22)23)15(9-11)28-2/h3-9,17,19H,1-2H3,(H,25,27)(H2,24,26,30). The molecule has 0 bridgehead atoms. The molecule has 1 heterocycles. The number of benzene rings is 2. The Balaban J connectivity index is 1.95. The van der Waals surface area contributed by atoms with Crippen LogP contribution in [0.3, 0.4) is 0 Å². The van der Waals surface area contributed by atoms with Crippen LogP contribution in [0.2, 0.25) is 0 Å². The lowest BCUT2D eigenvalue weighted by Crippen LogP contribution is -2.45. The molecule has 3 rings (SSSR count). The number of methoxy groups -OCH3 is 1. The third-order valence-electron chi connectivity index (χ3n) is 4.35. The first-order chi connectivity index (χ1) is 14.3. The van der Waals surface area contributed by atoms with Gasteiger partial charge in [0, 0.05) is 15.9 Å². The summed E-state index contributed by atoms with van der Waals surface area (Å²) >= 11 is 8.59. The molecular weight excluding hydrogens is 480 g/mol. The number of thiocarbonyl (C=S) groups is 1. The minimum Gasteiger partial charge on any atom is -0.493 e. The second-order valence-electron chi connectivity index (χ2n) is 6.32. The zero-order valence-corrected chi connectivity index (χ0v) is 18.4. The average Bonchev–Trinajstić information content (AvgIpc) is 2.69. The predicted molar refractivity (Wildman–Crippen MR) is 117 cm³/mol. The first-order valence-corrected chi connectivity index (χ1v) is 9.96. The molecule has 1 atom stereocenters. The van der Waals surface area contributed by atoms with Crippen LogP contribution in [-0.2, 0) is 4.79 Å². The number of ether oxygens (including phenoxy) is 2. The second kappa shape index (κ2) is 9.40. The van der Waals surface area contributed by atoms with Crippen molar-refractivity contribution >= 4 is 44.9 Å². The normalized spacial score (nSPS) is 16.1. The number of halogens is 3. The fourth-order valence-corrected chi connectivity index (χ4v) is 3.57. The van der Waals surface area contributed by atoms with Gasteiger partial charge in [-0.25, -0.2) is 0 Å². The molecule has 0 saturated carbocycles. The number of nitrogens with one attached hydrogen (secondary N) is 3. The molecule has 0 aromatic heterocycles. The maximum atomic E-state index is 13.1. The maximum Gasteiger partial charge on any atom is 0.387 e. The average molecular weight is 498 g/mol. The number of rotatable bonds is 6. The monoisotopic (exact) mass is 497 g/mol. The fourth-order valence-electron chi connectivity index (χ4n) is 3.03. The highest BCUT2D eigenvalue weighted by molar-refractivity contribution is 9.10. The van der Waals surface area contributed by atoms with E-state index in [0.717, 1.165) is 4.47 Å². The molecule has 0 spiro atoms. The summed E-state index contributed by atoms with van der Waals surface area (Å²) in [5, 5.41) is 9.19. The quantitative estimate of drug-likeness (QED) is 0.510. The number of allylic oxidation sites excluding steroid dienone is 1. The van der Waals surface area contributed by atoms with Crippen LogP contribution in [0, 0.1) is 0 Å². The number of anilines is 1. The molecule has 1 unspecified atom stereocenters. The summed E-state index contributed by atoms with van der Waals surface area (Å²) in [5.41, 5.74) is 2.19. The molecule has 3 N–H and O–H groups in total. The van der Waals surface area contributed by atoms with E-state index in [0.29, 0.717) is 27.6 Å². The smallest absolute Gasteiger partial charge is 0.387 e. The number of amides is 1. The molecule has 30 heavy (non-hydrogen) atoms. The van der Waals surface area contributed by atoms with Gasteiger partial charge in [-0.1, -0.05) is 22.0 Å². The van der Waals surface area contributed by atoms with Crippen molar-refractivity contribution in [2.24, 2.45) is 0 Å². The Bertz CT molecular complexity index is 999. The van der Waals surface area contributed by atoms with Crippen LogP contribution in [0.4, 0.5) is 14.5 Å². The molecule has 0 aliphatic carbocycles. The highest BCUT2D eigenvalue weighted by Crippen LogP contribution is 2.35. The summed E-state index contributed by atoms with van der Waals surface area (Å²) in [7, 11) is 1.35. The van der Waals surface area contributed by atoms with Crippen LogP contribution < -0.4 is 25.4 Å². The minimum absolute atomic E-state index is 0.102. The summed E-state index contributed by atoms with van der Waals surface area (Å²) < 4.78 is 35.8. The molecule has 1 amide bonds. The van der Waals surface area contributed by atoms with Crippen molar-refractivity contribution in [2.45, 2.75) is 19.6 Å². The zero-order chi connectivity index (χ0) is 21.8. The van der Waals surface area contributed by atoms with E-state index in [4.69, 9.17) is 17.0 Å². The van der Waals surface area contributed by atoms with Crippen molar-refractivity contribution in [3.05, 3.63) is 63.8 Å².